The monoisotopic (exact) mass is 422 g/mol. The highest BCUT2D eigenvalue weighted by atomic mass is 16.5. The van der Waals surface area contributed by atoms with E-state index in [1.807, 2.05) is 53.1 Å². The van der Waals surface area contributed by atoms with E-state index in [1.165, 1.54) is 5.56 Å². The fourth-order valence-electron chi connectivity index (χ4n) is 3.92. The highest BCUT2D eigenvalue weighted by Gasteiger charge is 2.24. The van der Waals surface area contributed by atoms with E-state index in [-0.39, 0.29) is 23.8 Å². The quantitative estimate of drug-likeness (QED) is 0.736. The number of hydrogen-bond acceptors (Lipinski definition) is 3. The molecular weight excluding hydrogens is 388 g/mol. The summed E-state index contributed by atoms with van der Waals surface area (Å²) in [5.41, 5.74) is 3.99. The molecule has 0 unspecified atom stereocenters. The van der Waals surface area contributed by atoms with Gasteiger partial charge in [0.25, 0.3) is 11.8 Å². The van der Waals surface area contributed by atoms with Crippen molar-refractivity contribution in [3.63, 3.8) is 0 Å². The molecule has 1 aliphatic heterocycles. The average molecular weight is 423 g/mol. The second-order valence-corrected chi connectivity index (χ2v) is 9.43. The van der Waals surface area contributed by atoms with Gasteiger partial charge in [-0.3, -0.25) is 9.59 Å². The second kappa shape index (κ2) is 9.54. The van der Waals surface area contributed by atoms with Crippen LogP contribution in [0.15, 0.2) is 42.5 Å². The number of benzene rings is 2. The lowest BCUT2D eigenvalue weighted by Gasteiger charge is -2.25. The molecule has 3 rings (SSSR count). The molecule has 0 aromatic heterocycles. The van der Waals surface area contributed by atoms with Gasteiger partial charge in [0.15, 0.2) is 6.61 Å². The van der Waals surface area contributed by atoms with E-state index in [1.54, 1.807) is 0 Å². The Morgan fingerprint density at radius 3 is 2.29 bits per heavy atom. The largest absolute Gasteiger partial charge is 0.483 e. The van der Waals surface area contributed by atoms with Gasteiger partial charge in [-0.15, -0.1) is 0 Å². The minimum Gasteiger partial charge on any atom is -0.483 e. The van der Waals surface area contributed by atoms with Crippen LogP contribution in [0.5, 0.6) is 5.75 Å². The van der Waals surface area contributed by atoms with Crippen molar-refractivity contribution in [3.05, 3.63) is 64.7 Å². The van der Waals surface area contributed by atoms with Gasteiger partial charge in [-0.25, -0.2) is 0 Å². The Balaban J connectivity index is 1.60. The van der Waals surface area contributed by atoms with Crippen molar-refractivity contribution < 1.29 is 14.3 Å². The lowest BCUT2D eigenvalue weighted by Crippen LogP contribution is -2.39. The fourth-order valence-corrected chi connectivity index (χ4v) is 3.92. The first-order valence-electron chi connectivity index (χ1n) is 11.0. The third-order valence-electron chi connectivity index (χ3n) is 5.70. The topological polar surface area (TPSA) is 49.9 Å². The van der Waals surface area contributed by atoms with Gasteiger partial charge in [0.1, 0.15) is 5.75 Å². The van der Waals surface area contributed by atoms with Gasteiger partial charge >= 0.3 is 0 Å². The van der Waals surface area contributed by atoms with Crippen molar-refractivity contribution in [1.82, 2.24) is 9.80 Å². The molecule has 31 heavy (non-hydrogen) atoms. The maximum atomic E-state index is 12.8. The molecule has 1 aliphatic rings. The summed E-state index contributed by atoms with van der Waals surface area (Å²) in [6.07, 6.45) is 0.765. The van der Waals surface area contributed by atoms with Crippen LogP contribution in [0.2, 0.25) is 0 Å². The number of amides is 2. The molecule has 1 fully saturated rings. The molecule has 0 spiro atoms. The summed E-state index contributed by atoms with van der Waals surface area (Å²) in [7, 11) is 0. The maximum Gasteiger partial charge on any atom is 0.260 e. The summed E-state index contributed by atoms with van der Waals surface area (Å²) in [6.45, 7) is 12.8. The second-order valence-electron chi connectivity index (χ2n) is 9.43. The Kier molecular flexibility index (Phi) is 7.04. The predicted molar refractivity (Wildman–Crippen MR) is 124 cm³/mol. The van der Waals surface area contributed by atoms with Gasteiger partial charge in [-0.05, 0) is 49.4 Å². The molecule has 2 aromatic carbocycles. The van der Waals surface area contributed by atoms with Crippen molar-refractivity contribution in [2.75, 3.05) is 32.8 Å². The maximum absolute atomic E-state index is 12.8. The van der Waals surface area contributed by atoms with Crippen LogP contribution < -0.4 is 4.74 Å². The number of rotatable bonds is 4. The molecule has 0 bridgehead atoms. The van der Waals surface area contributed by atoms with Crippen molar-refractivity contribution in [2.24, 2.45) is 0 Å². The summed E-state index contributed by atoms with van der Waals surface area (Å²) in [5, 5.41) is 0. The van der Waals surface area contributed by atoms with E-state index in [0.29, 0.717) is 31.7 Å². The minimum atomic E-state index is -0.0658. The first-order chi connectivity index (χ1) is 14.6. The number of ether oxygens (including phenoxy) is 1. The van der Waals surface area contributed by atoms with E-state index >= 15 is 0 Å². The van der Waals surface area contributed by atoms with E-state index in [0.717, 1.165) is 23.3 Å². The van der Waals surface area contributed by atoms with Crippen molar-refractivity contribution in [1.29, 1.82) is 0 Å². The summed E-state index contributed by atoms with van der Waals surface area (Å²) in [4.78, 5) is 29.4. The van der Waals surface area contributed by atoms with Gasteiger partial charge in [0, 0.05) is 31.7 Å². The van der Waals surface area contributed by atoms with E-state index in [9.17, 15) is 9.59 Å². The highest BCUT2D eigenvalue weighted by molar-refractivity contribution is 5.94. The van der Waals surface area contributed by atoms with E-state index in [4.69, 9.17) is 4.74 Å². The van der Waals surface area contributed by atoms with Crippen molar-refractivity contribution in [3.8, 4) is 5.75 Å². The van der Waals surface area contributed by atoms with Gasteiger partial charge in [0.05, 0.1) is 0 Å². The zero-order chi connectivity index (χ0) is 22.6. The van der Waals surface area contributed by atoms with Crippen molar-refractivity contribution >= 4 is 11.8 Å². The van der Waals surface area contributed by atoms with Gasteiger partial charge in [-0.1, -0.05) is 56.2 Å². The molecule has 166 valence electrons. The Bertz CT molecular complexity index is 946. The van der Waals surface area contributed by atoms with Crippen LogP contribution in [-0.2, 0) is 10.2 Å². The van der Waals surface area contributed by atoms with Crippen molar-refractivity contribution in [2.45, 2.75) is 46.5 Å². The summed E-state index contributed by atoms with van der Waals surface area (Å²) < 4.78 is 5.96. The van der Waals surface area contributed by atoms with Crippen LogP contribution in [-0.4, -0.2) is 54.4 Å². The standard InChI is InChI=1S/C26H34N2O3/c1-19-8-6-9-21(16-19)25(30)28-13-7-12-27(14-15-28)24(29)18-31-23-11-10-20(2)17-22(23)26(3,4)5/h6,8-11,16-17H,7,12-15,18H2,1-5H3. The van der Waals surface area contributed by atoms with E-state index in [2.05, 4.69) is 33.8 Å². The van der Waals surface area contributed by atoms with Crippen LogP contribution in [0.25, 0.3) is 0 Å². The summed E-state index contributed by atoms with van der Waals surface area (Å²) in [6, 6.07) is 13.7. The van der Waals surface area contributed by atoms with Crippen LogP contribution in [0, 0.1) is 13.8 Å². The molecule has 5 heteroatoms. The zero-order valence-corrected chi connectivity index (χ0v) is 19.4. The Labute approximate surface area is 186 Å². The molecule has 1 heterocycles. The molecule has 2 aromatic rings. The molecule has 0 saturated carbocycles. The number of carbonyl (C=O) groups excluding carboxylic acids is 2. The molecule has 1 saturated heterocycles. The lowest BCUT2D eigenvalue weighted by atomic mass is 9.85. The molecule has 0 N–H and O–H groups in total. The normalized spacial score (nSPS) is 14.9. The SMILES string of the molecule is Cc1cccc(C(=O)N2CCCN(C(=O)COc3ccc(C)cc3C(C)(C)C)CC2)c1. The molecular formula is C26H34N2O3. The predicted octanol–water partition coefficient (Wildman–Crippen LogP) is 4.35. The Hall–Kier alpha value is -2.82. The minimum absolute atomic E-state index is 0.0119. The van der Waals surface area contributed by atoms with Crippen LogP contribution in [0.1, 0.15) is 54.2 Å². The first kappa shape index (κ1) is 22.9. The zero-order valence-electron chi connectivity index (χ0n) is 19.4. The van der Waals surface area contributed by atoms with Gasteiger partial charge in [0.2, 0.25) is 0 Å². The number of aryl methyl sites for hydroxylation is 2. The number of hydrogen-bond donors (Lipinski definition) is 0. The first-order valence-corrected chi connectivity index (χ1v) is 11.0. The Morgan fingerprint density at radius 1 is 0.903 bits per heavy atom. The number of nitrogens with zero attached hydrogens (tertiary/aromatic N) is 2. The van der Waals surface area contributed by atoms with Gasteiger partial charge < -0.3 is 14.5 Å². The molecule has 0 atom stereocenters. The summed E-state index contributed by atoms with van der Waals surface area (Å²) in [5.74, 6) is 0.756. The smallest absolute Gasteiger partial charge is 0.260 e. The molecule has 5 nitrogen and oxygen atoms in total. The Morgan fingerprint density at radius 2 is 1.58 bits per heavy atom. The van der Waals surface area contributed by atoms with Crippen LogP contribution in [0.4, 0.5) is 0 Å². The molecule has 2 amide bonds. The third kappa shape index (κ3) is 5.87. The van der Waals surface area contributed by atoms with Gasteiger partial charge in [-0.2, -0.15) is 0 Å². The average Bonchev–Trinajstić information content (AvgIpc) is 2.98. The fraction of sp³-hybridized carbons (Fsp3) is 0.462. The van der Waals surface area contributed by atoms with Crippen LogP contribution >= 0.6 is 0 Å². The lowest BCUT2D eigenvalue weighted by molar-refractivity contribution is -0.133. The highest BCUT2D eigenvalue weighted by Crippen LogP contribution is 2.32. The van der Waals surface area contributed by atoms with E-state index < -0.39 is 0 Å². The molecule has 0 radical (unpaired) electrons. The van der Waals surface area contributed by atoms with Crippen LogP contribution in [0.3, 0.4) is 0 Å². The number of carbonyl (C=O) groups is 2. The molecule has 0 aliphatic carbocycles. The summed E-state index contributed by atoms with van der Waals surface area (Å²) >= 11 is 0. The third-order valence-corrected chi connectivity index (χ3v) is 5.70.